The Labute approximate surface area is 236 Å². The summed E-state index contributed by atoms with van der Waals surface area (Å²) in [4.78, 5) is 0. The van der Waals surface area contributed by atoms with Crippen LogP contribution in [0.4, 0.5) is 0 Å². The monoisotopic (exact) mass is 526 g/mol. The lowest BCUT2D eigenvalue weighted by molar-refractivity contribution is 0.00578. The van der Waals surface area contributed by atoms with Gasteiger partial charge < -0.3 is 13.7 Å². The molecule has 40 heavy (non-hydrogen) atoms. The largest absolute Gasteiger partial charge is 0.494 e. The van der Waals surface area contributed by atoms with Crippen LogP contribution in [0.2, 0.25) is 0 Å². The van der Waals surface area contributed by atoms with Gasteiger partial charge in [-0.25, -0.2) is 0 Å². The lowest BCUT2D eigenvalue weighted by Crippen LogP contribution is -2.41. The summed E-state index contributed by atoms with van der Waals surface area (Å²) in [5, 5.41) is 4.75. The van der Waals surface area contributed by atoms with E-state index in [1.54, 1.807) is 0 Å². The summed E-state index contributed by atoms with van der Waals surface area (Å²) in [7, 11) is -0.387. The fourth-order valence-corrected chi connectivity index (χ4v) is 5.51. The molecule has 1 aromatic heterocycles. The van der Waals surface area contributed by atoms with Crippen molar-refractivity contribution in [3.63, 3.8) is 0 Å². The van der Waals surface area contributed by atoms with E-state index in [1.807, 2.05) is 13.8 Å². The number of hydrogen-bond acceptors (Lipinski definition) is 3. The minimum absolute atomic E-state index is 0.371. The van der Waals surface area contributed by atoms with Crippen molar-refractivity contribution in [2.75, 3.05) is 0 Å². The summed E-state index contributed by atoms with van der Waals surface area (Å²) in [5.74, 6) is 0. The van der Waals surface area contributed by atoms with Gasteiger partial charge in [0, 0.05) is 16.3 Å². The van der Waals surface area contributed by atoms with Gasteiger partial charge in [0.15, 0.2) is 0 Å². The van der Waals surface area contributed by atoms with Crippen LogP contribution in [0.1, 0.15) is 41.5 Å². The third-order valence-electron chi connectivity index (χ3n) is 8.31. The van der Waals surface area contributed by atoms with Crippen LogP contribution in [0.15, 0.2) is 108 Å². The zero-order chi connectivity index (χ0) is 28.1. The fourth-order valence-electron chi connectivity index (χ4n) is 5.51. The number of para-hydroxylation sites is 1. The molecule has 0 amide bonds. The average Bonchev–Trinajstić information content (AvgIpc) is 3.47. The van der Waals surface area contributed by atoms with Crippen LogP contribution >= 0.6 is 0 Å². The number of fused-ring (bicyclic) bond motifs is 5. The summed E-state index contributed by atoms with van der Waals surface area (Å²) in [5.41, 5.74) is 6.59. The molecule has 0 radical (unpaired) electrons. The van der Waals surface area contributed by atoms with Crippen molar-refractivity contribution in [3.8, 4) is 22.3 Å². The number of benzene rings is 5. The van der Waals surface area contributed by atoms with E-state index in [2.05, 4.69) is 131 Å². The number of rotatable bonds is 3. The molecule has 0 unspecified atom stereocenters. The molecule has 1 aliphatic heterocycles. The molecule has 0 aliphatic carbocycles. The van der Waals surface area contributed by atoms with Gasteiger partial charge in [0.05, 0.1) is 11.2 Å². The average molecular weight is 526 g/mol. The van der Waals surface area contributed by atoms with Gasteiger partial charge in [0.2, 0.25) is 0 Å². The van der Waals surface area contributed by atoms with Gasteiger partial charge in [-0.05, 0) is 72.8 Å². The molecule has 0 saturated carbocycles. The van der Waals surface area contributed by atoms with Gasteiger partial charge in [-0.2, -0.15) is 0 Å². The molecular weight excluding hydrogens is 491 g/mol. The number of furan rings is 1. The van der Waals surface area contributed by atoms with E-state index in [0.717, 1.165) is 44.3 Å². The Morgan fingerprint density at radius 2 is 1.20 bits per heavy atom. The summed E-state index contributed by atoms with van der Waals surface area (Å²) < 4.78 is 19.1. The van der Waals surface area contributed by atoms with E-state index in [0.29, 0.717) is 0 Å². The Kier molecular flexibility index (Phi) is 6.57. The van der Waals surface area contributed by atoms with Crippen LogP contribution in [0.3, 0.4) is 0 Å². The van der Waals surface area contributed by atoms with Gasteiger partial charge in [-0.3, -0.25) is 0 Å². The highest BCUT2D eigenvalue weighted by Crippen LogP contribution is 2.40. The highest BCUT2D eigenvalue weighted by Gasteiger charge is 2.51. The lowest BCUT2D eigenvalue weighted by atomic mass is 9.78. The third-order valence-corrected chi connectivity index (χ3v) is 8.31. The van der Waals surface area contributed by atoms with Crippen LogP contribution in [0.25, 0.3) is 55.0 Å². The standard InChI is InChI=1S/C34H29BO3.C2H6/c1-33(2)34(3,4)38-35(37-33)26-14-8-12-24(21-26)23-11-7-13-25(20-23)28-16-9-17-29-31-27-15-6-5-10-22(27)18-19-30(31)36-32(28)29;1-2/h5-21H,1-4H3;1-2H3. The lowest BCUT2D eigenvalue weighted by Gasteiger charge is -2.32. The Balaban J connectivity index is 0.00000142. The zero-order valence-electron chi connectivity index (χ0n) is 24.1. The summed E-state index contributed by atoms with van der Waals surface area (Å²) in [6, 6.07) is 36.3. The van der Waals surface area contributed by atoms with Crippen LogP contribution in [-0.2, 0) is 9.31 Å². The molecule has 1 fully saturated rings. The Morgan fingerprint density at radius 3 is 1.98 bits per heavy atom. The SMILES string of the molecule is CC.CC1(C)OB(c2cccc(-c3cccc(-c4cccc5c4oc4ccc6ccccc6c45)c3)c2)OC1(C)C. The van der Waals surface area contributed by atoms with E-state index >= 15 is 0 Å². The van der Waals surface area contributed by atoms with E-state index in [1.165, 1.54) is 16.2 Å². The molecule has 0 atom stereocenters. The van der Waals surface area contributed by atoms with Gasteiger partial charge in [-0.1, -0.05) is 105 Å². The predicted molar refractivity (Wildman–Crippen MR) is 169 cm³/mol. The Hall–Kier alpha value is -3.86. The first-order valence-corrected chi connectivity index (χ1v) is 14.2. The van der Waals surface area contributed by atoms with Crippen molar-refractivity contribution >= 4 is 45.3 Å². The van der Waals surface area contributed by atoms with Crippen molar-refractivity contribution < 1.29 is 13.7 Å². The molecule has 4 heteroatoms. The van der Waals surface area contributed by atoms with Gasteiger partial charge in [-0.15, -0.1) is 0 Å². The maximum atomic E-state index is 6.48. The molecule has 3 nitrogen and oxygen atoms in total. The van der Waals surface area contributed by atoms with Gasteiger partial charge >= 0.3 is 7.12 Å². The maximum absolute atomic E-state index is 6.48. The second-order valence-electron chi connectivity index (χ2n) is 11.2. The second kappa shape index (κ2) is 9.96. The smallest absolute Gasteiger partial charge is 0.455 e. The first kappa shape index (κ1) is 26.4. The highest BCUT2D eigenvalue weighted by atomic mass is 16.7. The van der Waals surface area contributed by atoms with Crippen LogP contribution in [0, 0.1) is 0 Å². The van der Waals surface area contributed by atoms with E-state index in [4.69, 9.17) is 13.7 Å². The highest BCUT2D eigenvalue weighted by molar-refractivity contribution is 6.62. The molecule has 5 aromatic carbocycles. The molecule has 0 spiro atoms. The van der Waals surface area contributed by atoms with Crippen LogP contribution in [-0.4, -0.2) is 18.3 Å². The molecule has 2 heterocycles. The zero-order valence-corrected chi connectivity index (χ0v) is 24.1. The maximum Gasteiger partial charge on any atom is 0.494 e. The molecule has 1 saturated heterocycles. The van der Waals surface area contributed by atoms with Crippen molar-refractivity contribution in [2.24, 2.45) is 0 Å². The molecule has 0 N–H and O–H groups in total. The summed E-state index contributed by atoms with van der Waals surface area (Å²) in [6.07, 6.45) is 0. The molecule has 200 valence electrons. The summed E-state index contributed by atoms with van der Waals surface area (Å²) in [6.45, 7) is 12.3. The van der Waals surface area contributed by atoms with Crippen molar-refractivity contribution in [1.82, 2.24) is 0 Å². The molecular formula is C36H35BO3. The predicted octanol–water partition coefficient (Wildman–Crippen LogP) is 9.40. The van der Waals surface area contributed by atoms with Crippen LogP contribution in [0.5, 0.6) is 0 Å². The third kappa shape index (κ3) is 4.32. The number of hydrogen-bond donors (Lipinski definition) is 0. The van der Waals surface area contributed by atoms with E-state index in [-0.39, 0.29) is 18.3 Å². The first-order valence-electron chi connectivity index (χ1n) is 14.2. The molecule has 1 aliphatic rings. The fraction of sp³-hybridized carbons (Fsp3) is 0.222. The normalized spacial score (nSPS) is 15.9. The second-order valence-corrected chi connectivity index (χ2v) is 11.2. The molecule has 0 bridgehead atoms. The minimum atomic E-state index is -0.387. The van der Waals surface area contributed by atoms with Crippen molar-refractivity contribution in [1.29, 1.82) is 0 Å². The van der Waals surface area contributed by atoms with Crippen molar-refractivity contribution in [2.45, 2.75) is 52.7 Å². The van der Waals surface area contributed by atoms with Crippen molar-refractivity contribution in [3.05, 3.63) is 103 Å². The Morgan fingerprint density at radius 1 is 0.575 bits per heavy atom. The van der Waals surface area contributed by atoms with Crippen LogP contribution < -0.4 is 5.46 Å². The topological polar surface area (TPSA) is 31.6 Å². The molecule has 7 rings (SSSR count). The first-order chi connectivity index (χ1) is 19.3. The summed E-state index contributed by atoms with van der Waals surface area (Å²) >= 11 is 0. The van der Waals surface area contributed by atoms with Gasteiger partial charge in [0.25, 0.3) is 0 Å². The van der Waals surface area contributed by atoms with Gasteiger partial charge in [0.1, 0.15) is 11.2 Å². The van der Waals surface area contributed by atoms with E-state index in [9.17, 15) is 0 Å². The quantitative estimate of drug-likeness (QED) is 0.215. The Bertz CT molecular complexity index is 1830. The minimum Gasteiger partial charge on any atom is -0.455 e. The van der Waals surface area contributed by atoms with E-state index < -0.39 is 0 Å². The molecule has 6 aromatic rings.